The largest absolute Gasteiger partial charge is 0.126 e. The highest BCUT2D eigenvalue weighted by molar-refractivity contribution is 5.01. The van der Waals surface area contributed by atoms with Crippen molar-refractivity contribution < 1.29 is 0 Å². The number of unbranched alkanes of at least 4 members (excludes halogenated alkanes) is 10. The molecule has 0 amide bonds. The molecule has 0 nitrogen and oxygen atoms in total. The topological polar surface area (TPSA) is 0 Å². The Labute approximate surface area is 115 Å². The predicted molar refractivity (Wildman–Crippen MR) is 83.9 cm³/mol. The van der Waals surface area contributed by atoms with Gasteiger partial charge in [-0.15, -0.1) is 5.73 Å². The quantitative estimate of drug-likeness (QED) is 0.208. The minimum Gasteiger partial charge on any atom is -0.126 e. The molecule has 0 bridgehead atoms. The lowest BCUT2D eigenvalue weighted by atomic mass is 10.1. The van der Waals surface area contributed by atoms with Gasteiger partial charge in [-0.1, -0.05) is 76.9 Å². The summed E-state index contributed by atoms with van der Waals surface area (Å²) in [5.74, 6) is 0. The molecule has 0 saturated heterocycles. The standard InChI is InChI=1S/C18H32/c1-3-5-7-9-11-13-15-17-18-16-14-12-10-8-6-4-2/h3,7,9,11H,4,6,8,10,12-18H2,1-2H3/b11-9+. The molecular weight excluding hydrogens is 216 g/mol. The Morgan fingerprint density at radius 1 is 0.778 bits per heavy atom. The van der Waals surface area contributed by atoms with Gasteiger partial charge in [-0.25, -0.2) is 0 Å². The van der Waals surface area contributed by atoms with Crippen molar-refractivity contribution in [3.8, 4) is 0 Å². The molecule has 18 heavy (non-hydrogen) atoms. The van der Waals surface area contributed by atoms with Crippen molar-refractivity contribution in [2.45, 2.75) is 84.5 Å². The van der Waals surface area contributed by atoms with E-state index in [-0.39, 0.29) is 0 Å². The zero-order valence-electron chi connectivity index (χ0n) is 12.6. The van der Waals surface area contributed by atoms with E-state index in [0.717, 1.165) is 0 Å². The Hall–Kier alpha value is -0.740. The van der Waals surface area contributed by atoms with Crippen molar-refractivity contribution in [1.82, 2.24) is 0 Å². The van der Waals surface area contributed by atoms with Gasteiger partial charge in [0.2, 0.25) is 0 Å². The maximum atomic E-state index is 3.05. The summed E-state index contributed by atoms with van der Waals surface area (Å²) in [6.45, 7) is 4.27. The van der Waals surface area contributed by atoms with Gasteiger partial charge in [-0.2, -0.15) is 0 Å². The maximum Gasteiger partial charge on any atom is -0.0206 e. The fourth-order valence-corrected chi connectivity index (χ4v) is 2.07. The molecule has 0 spiro atoms. The van der Waals surface area contributed by atoms with Crippen LogP contribution in [0.2, 0.25) is 0 Å². The zero-order chi connectivity index (χ0) is 13.3. The van der Waals surface area contributed by atoms with Gasteiger partial charge in [-0.05, 0) is 31.9 Å². The molecule has 0 aromatic heterocycles. The average molecular weight is 248 g/mol. The SMILES string of the molecule is CC=C=C/C=C/CCCCCCCCCCCC. The maximum absolute atomic E-state index is 3.05. The van der Waals surface area contributed by atoms with Crippen LogP contribution in [0.4, 0.5) is 0 Å². The van der Waals surface area contributed by atoms with Gasteiger partial charge >= 0.3 is 0 Å². The third-order valence-corrected chi connectivity index (χ3v) is 3.22. The monoisotopic (exact) mass is 248 g/mol. The second-order valence-corrected chi connectivity index (χ2v) is 5.02. The van der Waals surface area contributed by atoms with Crippen LogP contribution < -0.4 is 0 Å². The van der Waals surface area contributed by atoms with Crippen molar-refractivity contribution >= 4 is 0 Å². The second-order valence-electron chi connectivity index (χ2n) is 5.02. The number of hydrogen-bond acceptors (Lipinski definition) is 0. The Balaban J connectivity index is 3.07. The lowest BCUT2D eigenvalue weighted by molar-refractivity contribution is 0.557. The fraction of sp³-hybridized carbons (Fsp3) is 0.722. The lowest BCUT2D eigenvalue weighted by Crippen LogP contribution is -1.81. The summed E-state index contributed by atoms with van der Waals surface area (Å²) in [4.78, 5) is 0. The van der Waals surface area contributed by atoms with Crippen molar-refractivity contribution in [2.75, 3.05) is 0 Å². The first-order valence-corrected chi connectivity index (χ1v) is 7.94. The van der Waals surface area contributed by atoms with Gasteiger partial charge in [0.05, 0.1) is 0 Å². The van der Waals surface area contributed by atoms with Gasteiger partial charge < -0.3 is 0 Å². The lowest BCUT2D eigenvalue weighted by Gasteiger charge is -2.01. The molecule has 0 N–H and O–H groups in total. The molecular formula is C18H32. The molecule has 0 aromatic rings. The van der Waals surface area contributed by atoms with Crippen molar-refractivity contribution in [3.05, 3.63) is 30.0 Å². The first-order valence-electron chi connectivity index (χ1n) is 7.94. The van der Waals surface area contributed by atoms with E-state index in [1.165, 1.54) is 70.6 Å². The minimum atomic E-state index is 1.22. The van der Waals surface area contributed by atoms with Gasteiger partial charge in [0.25, 0.3) is 0 Å². The van der Waals surface area contributed by atoms with E-state index in [4.69, 9.17) is 0 Å². The van der Waals surface area contributed by atoms with Crippen molar-refractivity contribution in [3.63, 3.8) is 0 Å². The van der Waals surface area contributed by atoms with E-state index in [1.807, 2.05) is 19.1 Å². The van der Waals surface area contributed by atoms with Crippen LogP contribution in [0.1, 0.15) is 84.5 Å². The molecule has 0 saturated carbocycles. The number of allylic oxidation sites excluding steroid dienone is 3. The Morgan fingerprint density at radius 2 is 1.33 bits per heavy atom. The van der Waals surface area contributed by atoms with Crippen LogP contribution in [0.25, 0.3) is 0 Å². The highest BCUT2D eigenvalue weighted by Gasteiger charge is 1.91. The van der Waals surface area contributed by atoms with E-state index >= 15 is 0 Å². The molecule has 104 valence electrons. The molecule has 0 aromatic carbocycles. The molecule has 0 aliphatic heterocycles. The summed E-state index contributed by atoms with van der Waals surface area (Å²) in [6, 6.07) is 0. The van der Waals surface area contributed by atoms with Crippen LogP contribution >= 0.6 is 0 Å². The molecule has 0 heterocycles. The number of hydrogen-bond donors (Lipinski definition) is 0. The van der Waals surface area contributed by atoms with Gasteiger partial charge in [0.15, 0.2) is 0 Å². The summed E-state index contributed by atoms with van der Waals surface area (Å²) in [7, 11) is 0. The molecule has 0 rings (SSSR count). The van der Waals surface area contributed by atoms with E-state index in [2.05, 4.69) is 24.8 Å². The van der Waals surface area contributed by atoms with Gasteiger partial charge in [0.1, 0.15) is 0 Å². The number of rotatable bonds is 12. The third-order valence-electron chi connectivity index (χ3n) is 3.22. The molecule has 0 heteroatoms. The molecule has 0 unspecified atom stereocenters. The third kappa shape index (κ3) is 15.3. The molecule has 0 atom stereocenters. The molecule has 0 fully saturated rings. The second kappa shape index (κ2) is 16.3. The van der Waals surface area contributed by atoms with E-state index in [1.54, 1.807) is 0 Å². The summed E-state index contributed by atoms with van der Waals surface area (Å²) in [5.41, 5.74) is 3.05. The highest BCUT2D eigenvalue weighted by Crippen LogP contribution is 2.11. The first-order chi connectivity index (χ1) is 8.91. The van der Waals surface area contributed by atoms with E-state index in [9.17, 15) is 0 Å². The zero-order valence-corrected chi connectivity index (χ0v) is 12.6. The summed E-state index contributed by atoms with van der Waals surface area (Å²) < 4.78 is 0. The Morgan fingerprint density at radius 3 is 1.89 bits per heavy atom. The van der Waals surface area contributed by atoms with Crippen LogP contribution in [-0.4, -0.2) is 0 Å². The molecule has 0 aliphatic rings. The Bertz CT molecular complexity index is 228. The minimum absolute atomic E-state index is 1.22. The summed E-state index contributed by atoms with van der Waals surface area (Å²) in [5, 5.41) is 0. The first kappa shape index (κ1) is 17.3. The average Bonchev–Trinajstić information content (AvgIpc) is 2.39. The summed E-state index contributed by atoms with van der Waals surface area (Å²) in [6.07, 6.45) is 23.7. The fourth-order valence-electron chi connectivity index (χ4n) is 2.07. The van der Waals surface area contributed by atoms with Crippen molar-refractivity contribution in [2.24, 2.45) is 0 Å². The highest BCUT2D eigenvalue weighted by atomic mass is 14.0. The smallest absolute Gasteiger partial charge is 0.0206 e. The van der Waals surface area contributed by atoms with Crippen LogP contribution in [0.15, 0.2) is 30.0 Å². The summed E-state index contributed by atoms with van der Waals surface area (Å²) >= 11 is 0. The van der Waals surface area contributed by atoms with Crippen LogP contribution in [-0.2, 0) is 0 Å². The van der Waals surface area contributed by atoms with Gasteiger partial charge in [-0.3, -0.25) is 0 Å². The van der Waals surface area contributed by atoms with Crippen molar-refractivity contribution in [1.29, 1.82) is 0 Å². The van der Waals surface area contributed by atoms with E-state index in [0.29, 0.717) is 0 Å². The van der Waals surface area contributed by atoms with Gasteiger partial charge in [0, 0.05) is 0 Å². The van der Waals surface area contributed by atoms with Crippen LogP contribution in [0, 0.1) is 0 Å². The molecule has 0 aliphatic carbocycles. The molecule has 0 radical (unpaired) electrons. The van der Waals surface area contributed by atoms with Crippen LogP contribution in [0.5, 0.6) is 0 Å². The normalized spacial score (nSPS) is 10.6. The van der Waals surface area contributed by atoms with E-state index < -0.39 is 0 Å². The van der Waals surface area contributed by atoms with Crippen LogP contribution in [0.3, 0.4) is 0 Å². The Kier molecular flexibility index (Phi) is 15.6. The predicted octanol–water partition coefficient (Wildman–Crippen LogP) is 6.58.